The van der Waals surface area contributed by atoms with E-state index in [9.17, 15) is 4.79 Å². The first kappa shape index (κ1) is 21.3. The highest BCUT2D eigenvalue weighted by molar-refractivity contribution is 5.58. The summed E-state index contributed by atoms with van der Waals surface area (Å²) in [6.45, 7) is 14.3. The molecular formula is C25H33N5O. The molecule has 6 heteroatoms. The van der Waals surface area contributed by atoms with Crippen molar-refractivity contribution in [1.29, 1.82) is 0 Å². The molecule has 1 aromatic carbocycles. The molecule has 2 heterocycles. The van der Waals surface area contributed by atoms with E-state index in [1.54, 1.807) is 0 Å². The molecule has 164 valence electrons. The van der Waals surface area contributed by atoms with Gasteiger partial charge in [0.25, 0.3) is 5.56 Å². The molecule has 0 atom stereocenters. The number of aromatic nitrogens is 3. The quantitative estimate of drug-likeness (QED) is 0.682. The smallest absolute Gasteiger partial charge is 0.275 e. The molecule has 0 amide bonds. The molecule has 2 aromatic heterocycles. The van der Waals surface area contributed by atoms with Crippen LogP contribution in [0.4, 0.5) is 11.4 Å². The minimum atomic E-state index is -0.0504. The van der Waals surface area contributed by atoms with E-state index in [1.165, 1.54) is 29.5 Å². The van der Waals surface area contributed by atoms with Crippen LogP contribution < -0.4 is 21.2 Å². The van der Waals surface area contributed by atoms with Crippen molar-refractivity contribution in [3.8, 4) is 0 Å². The number of anilines is 1. The number of nitrogens with zero attached hydrogens (tertiary/aromatic N) is 4. The van der Waals surface area contributed by atoms with Gasteiger partial charge in [-0.2, -0.15) is 4.52 Å². The molecule has 3 aromatic rings. The van der Waals surface area contributed by atoms with Crippen molar-refractivity contribution in [3.05, 3.63) is 56.1 Å². The van der Waals surface area contributed by atoms with E-state index in [1.807, 2.05) is 13.0 Å². The molecule has 0 bridgehead atoms. The van der Waals surface area contributed by atoms with E-state index < -0.39 is 0 Å². The van der Waals surface area contributed by atoms with Gasteiger partial charge in [0.2, 0.25) is 0 Å². The molecule has 0 spiro atoms. The van der Waals surface area contributed by atoms with E-state index in [-0.39, 0.29) is 5.56 Å². The third-order valence-corrected chi connectivity index (χ3v) is 6.62. The topological polar surface area (TPSA) is 65.8 Å². The molecule has 0 saturated heterocycles. The third-order valence-electron chi connectivity index (χ3n) is 6.62. The minimum Gasteiger partial charge on any atom is -0.372 e. The van der Waals surface area contributed by atoms with E-state index in [0.29, 0.717) is 22.3 Å². The molecule has 1 fully saturated rings. The fourth-order valence-electron chi connectivity index (χ4n) is 4.77. The van der Waals surface area contributed by atoms with Crippen molar-refractivity contribution >= 4 is 23.6 Å². The van der Waals surface area contributed by atoms with Crippen molar-refractivity contribution in [2.24, 2.45) is 4.99 Å². The Bertz CT molecular complexity index is 1260. The summed E-state index contributed by atoms with van der Waals surface area (Å²) in [5.74, 6) is 0.359. The average Bonchev–Trinajstić information content (AvgIpc) is 3.09. The molecule has 0 unspecified atom stereocenters. The highest BCUT2D eigenvalue weighted by Gasteiger charge is 2.22. The summed E-state index contributed by atoms with van der Waals surface area (Å²) in [6, 6.07) is 6.31. The van der Waals surface area contributed by atoms with Crippen LogP contribution in [-0.4, -0.2) is 27.7 Å². The van der Waals surface area contributed by atoms with Gasteiger partial charge in [0.1, 0.15) is 5.36 Å². The van der Waals surface area contributed by atoms with E-state index in [0.717, 1.165) is 48.4 Å². The van der Waals surface area contributed by atoms with Crippen LogP contribution in [0.3, 0.4) is 0 Å². The monoisotopic (exact) mass is 419 g/mol. The molecule has 1 aliphatic carbocycles. The molecule has 0 aliphatic heterocycles. The number of aryl methyl sites for hydroxylation is 1. The van der Waals surface area contributed by atoms with Crippen LogP contribution in [-0.2, 0) is 0 Å². The van der Waals surface area contributed by atoms with Crippen LogP contribution in [0.25, 0.3) is 12.2 Å². The standard InChI is InChI=1S/C25H33N5O/c1-6-29(7-2)20-13-14-21(16(3)15-20)26-23-18(5)28-30-24(23)27-22(17(4)25(30)31)19-11-9-8-10-12-19/h13-15,19,28H,5-12H2,1-4H3. The van der Waals surface area contributed by atoms with Gasteiger partial charge >= 0.3 is 0 Å². The number of hydrogen-bond donors (Lipinski definition) is 1. The maximum absolute atomic E-state index is 13.1. The predicted octanol–water partition coefficient (Wildman–Crippen LogP) is 3.89. The van der Waals surface area contributed by atoms with Gasteiger partial charge in [0.05, 0.1) is 16.7 Å². The van der Waals surface area contributed by atoms with Crippen molar-refractivity contribution < 1.29 is 0 Å². The van der Waals surface area contributed by atoms with Gasteiger partial charge in [-0.05, 0) is 64.3 Å². The van der Waals surface area contributed by atoms with Crippen molar-refractivity contribution in [2.75, 3.05) is 18.0 Å². The Labute approximate surface area is 183 Å². The predicted molar refractivity (Wildman–Crippen MR) is 127 cm³/mol. The van der Waals surface area contributed by atoms with Gasteiger partial charge in [-0.15, -0.1) is 0 Å². The van der Waals surface area contributed by atoms with Crippen LogP contribution >= 0.6 is 0 Å². The van der Waals surface area contributed by atoms with Crippen molar-refractivity contribution in [2.45, 2.75) is 65.7 Å². The molecule has 4 rings (SSSR count). The summed E-state index contributed by atoms with van der Waals surface area (Å²) in [5.41, 5.74) is 5.35. The summed E-state index contributed by atoms with van der Waals surface area (Å²) in [7, 11) is 0. The maximum Gasteiger partial charge on any atom is 0.275 e. The number of fused-ring (bicyclic) bond motifs is 1. The lowest BCUT2D eigenvalue weighted by Gasteiger charge is -2.22. The first-order chi connectivity index (χ1) is 14.9. The number of hydrogen-bond acceptors (Lipinski definition) is 4. The van der Waals surface area contributed by atoms with Crippen LogP contribution in [0.5, 0.6) is 0 Å². The molecule has 6 nitrogen and oxygen atoms in total. The molecule has 0 radical (unpaired) electrons. The van der Waals surface area contributed by atoms with Gasteiger partial charge in [-0.1, -0.05) is 25.8 Å². The lowest BCUT2D eigenvalue weighted by atomic mass is 9.85. The first-order valence-electron chi connectivity index (χ1n) is 11.5. The maximum atomic E-state index is 13.1. The molecule has 1 aliphatic rings. The van der Waals surface area contributed by atoms with E-state index in [4.69, 9.17) is 9.98 Å². The zero-order chi connectivity index (χ0) is 22.1. The summed E-state index contributed by atoms with van der Waals surface area (Å²) in [5, 5.41) is 4.34. The van der Waals surface area contributed by atoms with Crippen LogP contribution in [0.15, 0.2) is 28.0 Å². The first-order valence-corrected chi connectivity index (χ1v) is 11.5. The second kappa shape index (κ2) is 8.69. The van der Waals surface area contributed by atoms with Crippen LogP contribution in [0.1, 0.15) is 68.7 Å². The Morgan fingerprint density at radius 3 is 2.55 bits per heavy atom. The summed E-state index contributed by atoms with van der Waals surface area (Å²) in [4.78, 5) is 25.3. The third kappa shape index (κ3) is 3.91. The lowest BCUT2D eigenvalue weighted by molar-refractivity contribution is 0.434. The van der Waals surface area contributed by atoms with Crippen molar-refractivity contribution in [3.63, 3.8) is 0 Å². The number of rotatable bonds is 5. The molecule has 31 heavy (non-hydrogen) atoms. The number of H-pyrrole nitrogens is 1. The summed E-state index contributed by atoms with van der Waals surface area (Å²) >= 11 is 0. The zero-order valence-corrected chi connectivity index (χ0v) is 19.2. The van der Waals surface area contributed by atoms with E-state index >= 15 is 0 Å². The fourth-order valence-corrected chi connectivity index (χ4v) is 4.77. The Balaban J connectivity index is 1.87. The normalized spacial score (nSPS) is 15.7. The highest BCUT2D eigenvalue weighted by atomic mass is 16.1. The van der Waals surface area contributed by atoms with Crippen LogP contribution in [0, 0.1) is 13.8 Å². The fraction of sp³-hybridized carbons (Fsp3) is 0.480. The Morgan fingerprint density at radius 1 is 1.19 bits per heavy atom. The minimum absolute atomic E-state index is 0.0504. The van der Waals surface area contributed by atoms with Gasteiger partial charge < -0.3 is 4.90 Å². The SMILES string of the molecule is C=c1[nH]n2c(=O)c(C)c(C3CCCCC3)nc2c1=Nc1ccc(N(CC)CC)cc1C. The molecule has 1 saturated carbocycles. The van der Waals surface area contributed by atoms with Crippen LogP contribution in [0.2, 0.25) is 0 Å². The Morgan fingerprint density at radius 2 is 1.90 bits per heavy atom. The number of benzene rings is 1. The molecule has 1 N–H and O–H groups in total. The Hall–Kier alpha value is -2.89. The van der Waals surface area contributed by atoms with Gasteiger partial charge in [-0.3, -0.25) is 9.89 Å². The summed E-state index contributed by atoms with van der Waals surface area (Å²) < 4.78 is 1.50. The van der Waals surface area contributed by atoms with E-state index in [2.05, 4.69) is 49.5 Å². The zero-order valence-electron chi connectivity index (χ0n) is 19.2. The second-order valence-electron chi connectivity index (χ2n) is 8.61. The summed E-state index contributed by atoms with van der Waals surface area (Å²) in [6.07, 6.45) is 5.88. The Kier molecular flexibility index (Phi) is 5.99. The average molecular weight is 420 g/mol. The van der Waals surface area contributed by atoms with Gasteiger partial charge in [-0.25, -0.2) is 9.98 Å². The van der Waals surface area contributed by atoms with Gasteiger partial charge in [0.15, 0.2) is 5.65 Å². The van der Waals surface area contributed by atoms with Gasteiger partial charge in [0, 0.05) is 30.3 Å². The largest absolute Gasteiger partial charge is 0.372 e. The van der Waals surface area contributed by atoms with Crippen molar-refractivity contribution in [1.82, 2.24) is 14.6 Å². The highest BCUT2D eigenvalue weighted by Crippen LogP contribution is 2.32. The number of aromatic amines is 1. The molecular weight excluding hydrogens is 386 g/mol. The lowest BCUT2D eigenvalue weighted by Crippen LogP contribution is -2.24. The second-order valence-corrected chi connectivity index (χ2v) is 8.61. The number of nitrogens with one attached hydrogen (secondary N) is 1.